The maximum Gasteiger partial charge on any atom is 0.115 e. The maximum atomic E-state index is 9.21. The van der Waals surface area contributed by atoms with Crippen molar-refractivity contribution >= 4 is 0 Å². The zero-order valence-electron chi connectivity index (χ0n) is 10.8. The molecule has 1 N–H and O–H groups in total. The summed E-state index contributed by atoms with van der Waals surface area (Å²) in [5.74, 6) is 1.07. The molecule has 1 atom stereocenters. The molecule has 1 rings (SSSR count). The Hall–Kier alpha value is -1.02. The van der Waals surface area contributed by atoms with E-state index in [2.05, 4.69) is 32.7 Å². The van der Waals surface area contributed by atoms with Crippen LogP contribution in [-0.2, 0) is 6.54 Å². The van der Waals surface area contributed by atoms with Crippen LogP contribution in [-0.4, -0.2) is 23.1 Å². The average molecular weight is 221 g/mol. The lowest BCUT2D eigenvalue weighted by Gasteiger charge is -2.26. The Kier molecular flexibility index (Phi) is 4.81. The van der Waals surface area contributed by atoms with Crippen molar-refractivity contribution in [2.75, 3.05) is 7.05 Å². The van der Waals surface area contributed by atoms with Crippen molar-refractivity contribution in [2.45, 2.75) is 39.8 Å². The third kappa shape index (κ3) is 4.23. The molecule has 0 radical (unpaired) electrons. The molecule has 0 bridgehead atoms. The van der Waals surface area contributed by atoms with Gasteiger partial charge >= 0.3 is 0 Å². The Morgan fingerprint density at radius 2 is 1.69 bits per heavy atom. The third-order valence-corrected chi connectivity index (χ3v) is 2.93. The minimum absolute atomic E-state index is 0.335. The molecule has 0 heterocycles. The quantitative estimate of drug-likeness (QED) is 0.825. The van der Waals surface area contributed by atoms with Crippen LogP contribution < -0.4 is 0 Å². The molecule has 0 aliphatic rings. The molecule has 90 valence electrons. The molecule has 0 amide bonds. The van der Waals surface area contributed by atoms with Crippen molar-refractivity contribution in [3.63, 3.8) is 0 Å². The number of aromatic hydroxyl groups is 1. The highest BCUT2D eigenvalue weighted by Gasteiger charge is 2.11. The van der Waals surface area contributed by atoms with Gasteiger partial charge in [-0.3, -0.25) is 4.90 Å². The normalized spacial score (nSPS) is 13.4. The third-order valence-electron chi connectivity index (χ3n) is 2.93. The van der Waals surface area contributed by atoms with E-state index in [1.807, 2.05) is 12.1 Å². The van der Waals surface area contributed by atoms with Gasteiger partial charge in [0.2, 0.25) is 0 Å². The van der Waals surface area contributed by atoms with Crippen molar-refractivity contribution in [1.82, 2.24) is 4.90 Å². The Morgan fingerprint density at radius 3 is 2.19 bits per heavy atom. The van der Waals surface area contributed by atoms with E-state index in [9.17, 15) is 5.11 Å². The first kappa shape index (κ1) is 13.0. The summed E-state index contributed by atoms with van der Waals surface area (Å²) in [6.07, 6.45) is 1.22. The second kappa shape index (κ2) is 5.90. The predicted octanol–water partition coefficient (Wildman–Crippen LogP) is 3.26. The van der Waals surface area contributed by atoms with Gasteiger partial charge in [0, 0.05) is 12.6 Å². The van der Waals surface area contributed by atoms with Crippen LogP contribution >= 0.6 is 0 Å². The molecule has 1 unspecified atom stereocenters. The molecule has 0 spiro atoms. The highest BCUT2D eigenvalue weighted by Crippen LogP contribution is 2.15. The van der Waals surface area contributed by atoms with Crippen molar-refractivity contribution in [1.29, 1.82) is 0 Å². The average Bonchev–Trinajstić information content (AvgIpc) is 2.20. The van der Waals surface area contributed by atoms with Gasteiger partial charge in [-0.15, -0.1) is 0 Å². The Bertz CT molecular complexity index is 305. The topological polar surface area (TPSA) is 23.5 Å². The van der Waals surface area contributed by atoms with Gasteiger partial charge in [0.15, 0.2) is 0 Å². The van der Waals surface area contributed by atoms with Crippen molar-refractivity contribution in [2.24, 2.45) is 5.92 Å². The van der Waals surface area contributed by atoms with Gasteiger partial charge in [0.05, 0.1) is 0 Å². The molecule has 0 saturated carbocycles. The van der Waals surface area contributed by atoms with Gasteiger partial charge in [0.1, 0.15) is 5.75 Å². The predicted molar refractivity (Wildman–Crippen MR) is 68.5 cm³/mol. The lowest BCUT2D eigenvalue weighted by atomic mass is 10.0. The summed E-state index contributed by atoms with van der Waals surface area (Å²) in [5.41, 5.74) is 1.25. The fourth-order valence-corrected chi connectivity index (χ4v) is 1.91. The first-order valence-corrected chi connectivity index (χ1v) is 5.97. The minimum atomic E-state index is 0.335. The second-order valence-corrected chi connectivity index (χ2v) is 5.06. The van der Waals surface area contributed by atoms with Crippen LogP contribution in [0.15, 0.2) is 24.3 Å². The summed E-state index contributed by atoms with van der Waals surface area (Å²) in [6, 6.07) is 8.04. The fourth-order valence-electron chi connectivity index (χ4n) is 1.91. The monoisotopic (exact) mass is 221 g/mol. The van der Waals surface area contributed by atoms with E-state index in [0.717, 1.165) is 12.5 Å². The maximum absolute atomic E-state index is 9.21. The molecule has 0 fully saturated rings. The number of rotatable bonds is 5. The summed E-state index contributed by atoms with van der Waals surface area (Å²) in [6.45, 7) is 7.71. The van der Waals surface area contributed by atoms with Gasteiger partial charge in [0.25, 0.3) is 0 Å². The van der Waals surface area contributed by atoms with E-state index >= 15 is 0 Å². The smallest absolute Gasteiger partial charge is 0.115 e. The summed E-state index contributed by atoms with van der Waals surface area (Å²) >= 11 is 0. The molecular formula is C14H23NO. The molecule has 0 aliphatic heterocycles. The highest BCUT2D eigenvalue weighted by molar-refractivity contribution is 5.25. The number of phenolic OH excluding ortho intramolecular Hbond substituents is 1. The van der Waals surface area contributed by atoms with Crippen LogP contribution in [0, 0.1) is 5.92 Å². The van der Waals surface area contributed by atoms with Gasteiger partial charge in [-0.05, 0) is 44.0 Å². The standard InChI is InChI=1S/C14H23NO/c1-11(2)9-12(3)15(4)10-13-5-7-14(16)8-6-13/h5-8,11-12,16H,9-10H2,1-4H3. The molecule has 0 saturated heterocycles. The lowest BCUT2D eigenvalue weighted by molar-refractivity contribution is 0.220. The van der Waals surface area contributed by atoms with E-state index in [-0.39, 0.29) is 0 Å². The van der Waals surface area contributed by atoms with Crippen LogP contribution in [0.2, 0.25) is 0 Å². The van der Waals surface area contributed by atoms with E-state index in [1.54, 1.807) is 12.1 Å². The first-order chi connectivity index (χ1) is 7.49. The lowest BCUT2D eigenvalue weighted by Crippen LogP contribution is -2.29. The zero-order valence-corrected chi connectivity index (χ0v) is 10.8. The van der Waals surface area contributed by atoms with Gasteiger partial charge in [-0.25, -0.2) is 0 Å². The van der Waals surface area contributed by atoms with E-state index in [4.69, 9.17) is 0 Å². The number of nitrogens with zero attached hydrogens (tertiary/aromatic N) is 1. The second-order valence-electron chi connectivity index (χ2n) is 5.06. The van der Waals surface area contributed by atoms with Crippen molar-refractivity contribution in [3.8, 4) is 5.75 Å². The van der Waals surface area contributed by atoms with Gasteiger partial charge in [-0.1, -0.05) is 26.0 Å². The molecule has 0 aliphatic carbocycles. The molecule has 1 aromatic carbocycles. The summed E-state index contributed by atoms with van der Waals surface area (Å²) in [5, 5.41) is 9.21. The highest BCUT2D eigenvalue weighted by atomic mass is 16.3. The Balaban J connectivity index is 2.50. The zero-order chi connectivity index (χ0) is 12.1. The van der Waals surface area contributed by atoms with E-state index in [0.29, 0.717) is 11.8 Å². The molecule has 2 nitrogen and oxygen atoms in total. The Labute approximate surface area is 98.9 Å². The largest absolute Gasteiger partial charge is 0.508 e. The van der Waals surface area contributed by atoms with Gasteiger partial charge < -0.3 is 5.11 Å². The minimum Gasteiger partial charge on any atom is -0.508 e. The van der Waals surface area contributed by atoms with E-state index in [1.165, 1.54) is 12.0 Å². The molecular weight excluding hydrogens is 198 g/mol. The number of hydrogen-bond acceptors (Lipinski definition) is 2. The number of benzene rings is 1. The van der Waals surface area contributed by atoms with Crippen molar-refractivity contribution < 1.29 is 5.11 Å². The summed E-state index contributed by atoms with van der Waals surface area (Å²) in [7, 11) is 2.15. The van der Waals surface area contributed by atoms with Crippen LogP contribution in [0.1, 0.15) is 32.8 Å². The number of phenols is 1. The molecule has 16 heavy (non-hydrogen) atoms. The SMILES string of the molecule is CC(C)CC(C)N(C)Cc1ccc(O)cc1. The number of hydrogen-bond donors (Lipinski definition) is 1. The molecule has 2 heteroatoms. The first-order valence-electron chi connectivity index (χ1n) is 5.97. The molecule has 0 aromatic heterocycles. The fraction of sp³-hybridized carbons (Fsp3) is 0.571. The summed E-state index contributed by atoms with van der Waals surface area (Å²) in [4.78, 5) is 2.35. The molecule has 1 aromatic rings. The van der Waals surface area contributed by atoms with Crippen LogP contribution in [0.25, 0.3) is 0 Å². The summed E-state index contributed by atoms with van der Waals surface area (Å²) < 4.78 is 0. The Morgan fingerprint density at radius 1 is 1.12 bits per heavy atom. The van der Waals surface area contributed by atoms with Crippen LogP contribution in [0.4, 0.5) is 0 Å². The van der Waals surface area contributed by atoms with Gasteiger partial charge in [-0.2, -0.15) is 0 Å². The van der Waals surface area contributed by atoms with Crippen LogP contribution in [0.5, 0.6) is 5.75 Å². The van der Waals surface area contributed by atoms with E-state index < -0.39 is 0 Å². The van der Waals surface area contributed by atoms with Crippen LogP contribution in [0.3, 0.4) is 0 Å². The van der Waals surface area contributed by atoms with Crippen molar-refractivity contribution in [3.05, 3.63) is 29.8 Å².